The molecule has 7 nitrogen and oxygen atoms in total. The molecule has 29 heavy (non-hydrogen) atoms. The zero-order chi connectivity index (χ0) is 19.9. The summed E-state index contributed by atoms with van der Waals surface area (Å²) < 4.78 is 3.67. The molecule has 0 atom stereocenters. The fourth-order valence-electron chi connectivity index (χ4n) is 3.01. The Bertz CT molecular complexity index is 1020. The number of nitrogens with one attached hydrogen (secondary N) is 2. The summed E-state index contributed by atoms with van der Waals surface area (Å²) in [5.41, 5.74) is 4.05. The molecule has 4 rings (SSSR count). The lowest BCUT2D eigenvalue weighted by Gasteiger charge is -2.09. The van der Waals surface area contributed by atoms with E-state index >= 15 is 0 Å². The van der Waals surface area contributed by atoms with Gasteiger partial charge in [-0.25, -0.2) is 9.48 Å². The van der Waals surface area contributed by atoms with E-state index in [2.05, 4.69) is 33.0 Å². The van der Waals surface area contributed by atoms with Crippen molar-refractivity contribution in [1.82, 2.24) is 24.9 Å². The summed E-state index contributed by atoms with van der Waals surface area (Å²) in [4.78, 5) is 12.1. The van der Waals surface area contributed by atoms with Crippen LogP contribution in [0.1, 0.15) is 11.1 Å². The van der Waals surface area contributed by atoms with Crippen LogP contribution < -0.4 is 10.6 Å². The van der Waals surface area contributed by atoms with Gasteiger partial charge in [-0.05, 0) is 53.9 Å². The van der Waals surface area contributed by atoms with Gasteiger partial charge in [0, 0.05) is 37.0 Å². The molecule has 2 heterocycles. The van der Waals surface area contributed by atoms with Crippen LogP contribution in [-0.2, 0) is 13.0 Å². The summed E-state index contributed by atoms with van der Waals surface area (Å²) in [5, 5.41) is 14.2. The number of carbonyl (C=O) groups is 1. The van der Waals surface area contributed by atoms with Crippen LogP contribution in [0.25, 0.3) is 5.69 Å². The van der Waals surface area contributed by atoms with Crippen LogP contribution >= 0.6 is 0 Å². The summed E-state index contributed by atoms with van der Waals surface area (Å²) in [7, 11) is 0. The normalized spacial score (nSPS) is 10.6. The van der Waals surface area contributed by atoms with Gasteiger partial charge in [0.25, 0.3) is 0 Å². The van der Waals surface area contributed by atoms with Gasteiger partial charge < -0.3 is 10.6 Å². The minimum atomic E-state index is -0.210. The first kappa shape index (κ1) is 18.5. The molecule has 0 aliphatic rings. The highest BCUT2D eigenvalue weighted by atomic mass is 16.2. The molecule has 2 aromatic carbocycles. The lowest BCUT2D eigenvalue weighted by molar-refractivity contribution is 0.252. The number of aromatic nitrogens is 4. The number of amides is 2. The van der Waals surface area contributed by atoms with Crippen molar-refractivity contribution < 1.29 is 4.79 Å². The highest BCUT2D eigenvalue weighted by Gasteiger charge is 2.03. The molecule has 0 saturated heterocycles. The fraction of sp³-hybridized carbons (Fsp3) is 0.136. The Kier molecular flexibility index (Phi) is 5.66. The van der Waals surface area contributed by atoms with E-state index in [0.717, 1.165) is 28.9 Å². The second-order valence-electron chi connectivity index (χ2n) is 6.65. The van der Waals surface area contributed by atoms with Crippen LogP contribution in [0.2, 0.25) is 0 Å². The Morgan fingerprint density at radius 1 is 0.862 bits per heavy atom. The van der Waals surface area contributed by atoms with Crippen LogP contribution in [-0.4, -0.2) is 32.1 Å². The van der Waals surface area contributed by atoms with E-state index in [4.69, 9.17) is 0 Å². The number of hydrogen-bond donors (Lipinski definition) is 2. The number of rotatable bonds is 7. The lowest BCUT2D eigenvalue weighted by atomic mass is 10.1. The monoisotopic (exact) mass is 386 g/mol. The predicted octanol–water partition coefficient (Wildman–Crippen LogP) is 3.48. The summed E-state index contributed by atoms with van der Waals surface area (Å²) in [6, 6.07) is 19.5. The Labute approximate surface area is 169 Å². The molecular weight excluding hydrogens is 364 g/mol. The van der Waals surface area contributed by atoms with Gasteiger partial charge in [0.05, 0.1) is 12.2 Å². The maximum absolute atomic E-state index is 12.1. The molecule has 2 N–H and O–H groups in total. The van der Waals surface area contributed by atoms with Gasteiger partial charge in [0.2, 0.25) is 0 Å². The average Bonchev–Trinajstić information content (AvgIpc) is 3.44. The third kappa shape index (κ3) is 5.10. The van der Waals surface area contributed by atoms with Crippen LogP contribution in [0.4, 0.5) is 10.5 Å². The molecule has 0 saturated carbocycles. The van der Waals surface area contributed by atoms with Gasteiger partial charge in [-0.1, -0.05) is 24.3 Å². The standard InChI is InChI=1S/C22H22N6O/c29-22(26-20-7-3-19(4-8-20)17-27-15-1-12-24-27)23-14-11-18-5-9-21(10-6-18)28-16-2-13-25-28/h1-10,12-13,15-16H,11,14,17H2,(H2,23,26,29). The molecule has 0 aliphatic heterocycles. The average molecular weight is 386 g/mol. The van der Waals surface area contributed by atoms with E-state index in [9.17, 15) is 4.79 Å². The first-order chi connectivity index (χ1) is 14.3. The van der Waals surface area contributed by atoms with Crippen molar-refractivity contribution in [3.63, 3.8) is 0 Å². The zero-order valence-corrected chi connectivity index (χ0v) is 15.9. The molecule has 0 spiro atoms. The number of urea groups is 1. The van der Waals surface area contributed by atoms with E-state index < -0.39 is 0 Å². The van der Waals surface area contributed by atoms with Crippen molar-refractivity contribution in [2.24, 2.45) is 0 Å². The van der Waals surface area contributed by atoms with Crippen LogP contribution in [0.15, 0.2) is 85.5 Å². The van der Waals surface area contributed by atoms with E-state index in [1.165, 1.54) is 0 Å². The maximum Gasteiger partial charge on any atom is 0.319 e. The Morgan fingerprint density at radius 2 is 1.59 bits per heavy atom. The molecule has 0 radical (unpaired) electrons. The predicted molar refractivity (Wildman–Crippen MR) is 112 cm³/mol. The van der Waals surface area contributed by atoms with Gasteiger partial charge in [0.1, 0.15) is 0 Å². The quantitative estimate of drug-likeness (QED) is 0.510. The van der Waals surface area contributed by atoms with Gasteiger partial charge in [0.15, 0.2) is 0 Å². The number of nitrogens with zero attached hydrogens (tertiary/aromatic N) is 4. The van der Waals surface area contributed by atoms with Gasteiger partial charge in [-0.3, -0.25) is 4.68 Å². The number of anilines is 1. The molecule has 0 unspecified atom stereocenters. The second kappa shape index (κ2) is 8.88. The van der Waals surface area contributed by atoms with E-state index in [0.29, 0.717) is 13.1 Å². The highest BCUT2D eigenvalue weighted by Crippen LogP contribution is 2.11. The number of benzene rings is 2. The minimum Gasteiger partial charge on any atom is -0.338 e. The SMILES string of the molecule is O=C(NCCc1ccc(-n2cccn2)cc1)Nc1ccc(Cn2cccn2)cc1. The van der Waals surface area contributed by atoms with E-state index in [-0.39, 0.29) is 6.03 Å². The Balaban J connectivity index is 1.22. The smallest absolute Gasteiger partial charge is 0.319 e. The number of hydrogen-bond acceptors (Lipinski definition) is 3. The third-order valence-electron chi connectivity index (χ3n) is 4.52. The van der Waals surface area contributed by atoms with Gasteiger partial charge in [-0.15, -0.1) is 0 Å². The second-order valence-corrected chi connectivity index (χ2v) is 6.65. The topological polar surface area (TPSA) is 76.8 Å². The van der Waals surface area contributed by atoms with Crippen molar-refractivity contribution in [3.8, 4) is 5.69 Å². The molecule has 146 valence electrons. The van der Waals surface area contributed by atoms with Crippen molar-refractivity contribution in [2.75, 3.05) is 11.9 Å². The molecule has 0 fully saturated rings. The van der Waals surface area contributed by atoms with E-state index in [1.807, 2.05) is 70.3 Å². The third-order valence-corrected chi connectivity index (χ3v) is 4.52. The highest BCUT2D eigenvalue weighted by molar-refractivity contribution is 5.89. The maximum atomic E-state index is 12.1. The van der Waals surface area contributed by atoms with Crippen molar-refractivity contribution >= 4 is 11.7 Å². The van der Waals surface area contributed by atoms with Crippen molar-refractivity contribution in [2.45, 2.75) is 13.0 Å². The van der Waals surface area contributed by atoms with Crippen LogP contribution in [0.5, 0.6) is 0 Å². The summed E-state index contributed by atoms with van der Waals surface area (Å²) >= 11 is 0. The van der Waals surface area contributed by atoms with E-state index in [1.54, 1.807) is 12.4 Å². The first-order valence-electron chi connectivity index (χ1n) is 9.46. The molecule has 2 amide bonds. The summed E-state index contributed by atoms with van der Waals surface area (Å²) in [6.07, 6.45) is 8.10. The molecule has 7 heteroatoms. The summed E-state index contributed by atoms with van der Waals surface area (Å²) in [6.45, 7) is 1.27. The molecule has 0 aliphatic carbocycles. The minimum absolute atomic E-state index is 0.210. The Hall–Kier alpha value is -3.87. The van der Waals surface area contributed by atoms with Gasteiger partial charge >= 0.3 is 6.03 Å². The Morgan fingerprint density at radius 3 is 2.28 bits per heavy atom. The fourth-order valence-corrected chi connectivity index (χ4v) is 3.01. The zero-order valence-electron chi connectivity index (χ0n) is 15.9. The molecule has 2 aromatic heterocycles. The molecule has 4 aromatic rings. The number of carbonyl (C=O) groups excluding carboxylic acids is 1. The molecule has 0 bridgehead atoms. The van der Waals surface area contributed by atoms with Crippen molar-refractivity contribution in [1.29, 1.82) is 0 Å². The van der Waals surface area contributed by atoms with Crippen molar-refractivity contribution in [3.05, 3.63) is 96.6 Å². The van der Waals surface area contributed by atoms with Gasteiger partial charge in [-0.2, -0.15) is 10.2 Å². The first-order valence-corrected chi connectivity index (χ1v) is 9.46. The largest absolute Gasteiger partial charge is 0.338 e. The summed E-state index contributed by atoms with van der Waals surface area (Å²) in [5.74, 6) is 0. The van der Waals surface area contributed by atoms with Crippen LogP contribution in [0, 0.1) is 0 Å². The van der Waals surface area contributed by atoms with Crippen LogP contribution in [0.3, 0.4) is 0 Å². The molecular formula is C22H22N6O. The lowest BCUT2D eigenvalue weighted by Crippen LogP contribution is -2.30.